The number of nitrogens with zero attached hydrogens (tertiary/aromatic N) is 1. The minimum atomic E-state index is -0.430. The predicted octanol–water partition coefficient (Wildman–Crippen LogP) is 1.23. The van der Waals surface area contributed by atoms with E-state index in [0.29, 0.717) is 0 Å². The first kappa shape index (κ1) is 12.9. The molecule has 0 saturated carbocycles. The fraction of sp³-hybridized carbons (Fsp3) is 0.182. The molecular formula is C11H12N4OS. The topological polar surface area (TPSA) is 76.9 Å². The SMILES string of the molecule is Cc1cccc(NC(=S)NNC(=O)CC#N)c1. The first-order chi connectivity index (χ1) is 8.11. The quantitative estimate of drug-likeness (QED) is 0.542. The van der Waals surface area contributed by atoms with E-state index in [9.17, 15) is 4.79 Å². The number of benzene rings is 1. The van der Waals surface area contributed by atoms with Gasteiger partial charge in [-0.3, -0.25) is 15.6 Å². The van der Waals surface area contributed by atoms with Gasteiger partial charge >= 0.3 is 0 Å². The molecular weight excluding hydrogens is 236 g/mol. The molecule has 5 nitrogen and oxygen atoms in total. The average molecular weight is 248 g/mol. The summed E-state index contributed by atoms with van der Waals surface area (Å²) in [5.41, 5.74) is 6.74. The summed E-state index contributed by atoms with van der Waals surface area (Å²) in [7, 11) is 0. The number of thiocarbonyl (C=S) groups is 1. The van der Waals surface area contributed by atoms with Crippen molar-refractivity contribution in [3.05, 3.63) is 29.8 Å². The molecule has 0 saturated heterocycles. The van der Waals surface area contributed by atoms with Gasteiger partial charge < -0.3 is 5.32 Å². The molecule has 0 aliphatic carbocycles. The Morgan fingerprint density at radius 2 is 2.24 bits per heavy atom. The van der Waals surface area contributed by atoms with E-state index >= 15 is 0 Å². The molecule has 1 amide bonds. The van der Waals surface area contributed by atoms with Crippen LogP contribution in [0.15, 0.2) is 24.3 Å². The lowest BCUT2D eigenvalue weighted by molar-refractivity contribution is -0.120. The summed E-state index contributed by atoms with van der Waals surface area (Å²) in [6.07, 6.45) is -0.208. The van der Waals surface area contributed by atoms with E-state index in [0.717, 1.165) is 11.3 Å². The van der Waals surface area contributed by atoms with Gasteiger partial charge in [0.2, 0.25) is 0 Å². The highest BCUT2D eigenvalue weighted by Gasteiger charge is 2.01. The van der Waals surface area contributed by atoms with E-state index in [1.165, 1.54) is 0 Å². The molecule has 3 N–H and O–H groups in total. The lowest BCUT2D eigenvalue weighted by Crippen LogP contribution is -2.43. The third kappa shape index (κ3) is 4.95. The Morgan fingerprint density at radius 3 is 2.88 bits per heavy atom. The summed E-state index contributed by atoms with van der Waals surface area (Å²) in [6.45, 7) is 1.97. The van der Waals surface area contributed by atoms with Crippen molar-refractivity contribution in [3.63, 3.8) is 0 Å². The van der Waals surface area contributed by atoms with Crippen molar-refractivity contribution in [1.82, 2.24) is 10.9 Å². The molecule has 0 heterocycles. The van der Waals surface area contributed by atoms with Crippen LogP contribution in [0.5, 0.6) is 0 Å². The Kier molecular flexibility index (Phi) is 4.91. The zero-order valence-electron chi connectivity index (χ0n) is 9.28. The van der Waals surface area contributed by atoms with Crippen LogP contribution in [0.3, 0.4) is 0 Å². The maximum Gasteiger partial charge on any atom is 0.252 e. The zero-order chi connectivity index (χ0) is 12.7. The van der Waals surface area contributed by atoms with Crippen LogP contribution < -0.4 is 16.2 Å². The fourth-order valence-electron chi connectivity index (χ4n) is 1.13. The molecule has 17 heavy (non-hydrogen) atoms. The number of hydrogen-bond acceptors (Lipinski definition) is 3. The van der Waals surface area contributed by atoms with Gasteiger partial charge in [0.15, 0.2) is 5.11 Å². The van der Waals surface area contributed by atoms with Crippen molar-refractivity contribution < 1.29 is 4.79 Å². The van der Waals surface area contributed by atoms with E-state index in [4.69, 9.17) is 17.5 Å². The van der Waals surface area contributed by atoms with Crippen LogP contribution in [-0.2, 0) is 4.79 Å². The van der Waals surface area contributed by atoms with Crippen LogP contribution in [0.1, 0.15) is 12.0 Å². The average Bonchev–Trinajstić information content (AvgIpc) is 2.27. The smallest absolute Gasteiger partial charge is 0.252 e. The second kappa shape index (κ2) is 6.45. The van der Waals surface area contributed by atoms with Crippen LogP contribution in [0, 0.1) is 18.3 Å². The minimum absolute atomic E-state index is 0.208. The van der Waals surface area contributed by atoms with E-state index < -0.39 is 5.91 Å². The first-order valence-corrected chi connectivity index (χ1v) is 5.32. The Labute approximate surface area is 105 Å². The number of hydrogen-bond donors (Lipinski definition) is 3. The van der Waals surface area contributed by atoms with Crippen LogP contribution in [0.2, 0.25) is 0 Å². The standard InChI is InChI=1S/C11H12N4OS/c1-8-3-2-4-9(7-8)13-11(17)15-14-10(16)5-6-12/h2-4,7H,5H2,1H3,(H,14,16)(H2,13,15,17). The highest BCUT2D eigenvalue weighted by atomic mass is 32.1. The molecule has 1 aromatic rings. The maximum atomic E-state index is 11.0. The number of anilines is 1. The van der Waals surface area contributed by atoms with E-state index in [-0.39, 0.29) is 11.5 Å². The van der Waals surface area contributed by atoms with Gasteiger partial charge in [0, 0.05) is 5.69 Å². The van der Waals surface area contributed by atoms with Crippen LogP contribution in [0.25, 0.3) is 0 Å². The summed E-state index contributed by atoms with van der Waals surface area (Å²) >= 11 is 4.96. The van der Waals surface area contributed by atoms with Gasteiger partial charge in [-0.05, 0) is 36.8 Å². The Morgan fingerprint density at radius 1 is 1.47 bits per heavy atom. The molecule has 0 aromatic heterocycles. The van der Waals surface area contributed by atoms with Gasteiger partial charge in [0.05, 0.1) is 6.07 Å². The highest BCUT2D eigenvalue weighted by molar-refractivity contribution is 7.80. The number of nitriles is 1. The molecule has 1 rings (SSSR count). The molecule has 1 aromatic carbocycles. The third-order valence-corrected chi connectivity index (χ3v) is 2.04. The van der Waals surface area contributed by atoms with E-state index in [1.54, 1.807) is 6.07 Å². The largest absolute Gasteiger partial charge is 0.331 e. The normalized spacial score (nSPS) is 8.94. The van der Waals surface area contributed by atoms with Gasteiger partial charge in [-0.25, -0.2) is 0 Å². The Hall–Kier alpha value is -2.13. The van der Waals surface area contributed by atoms with Crippen molar-refractivity contribution in [2.45, 2.75) is 13.3 Å². The maximum absolute atomic E-state index is 11.0. The molecule has 0 fully saturated rings. The second-order valence-corrected chi connectivity index (χ2v) is 3.74. The molecule has 0 unspecified atom stereocenters. The van der Waals surface area contributed by atoms with E-state index in [2.05, 4.69) is 16.2 Å². The number of hydrazine groups is 1. The first-order valence-electron chi connectivity index (χ1n) is 4.91. The number of amides is 1. The van der Waals surface area contributed by atoms with Crippen LogP contribution in [-0.4, -0.2) is 11.0 Å². The van der Waals surface area contributed by atoms with Crippen molar-refractivity contribution in [2.75, 3.05) is 5.32 Å². The van der Waals surface area contributed by atoms with Gasteiger partial charge in [0.25, 0.3) is 5.91 Å². The monoisotopic (exact) mass is 248 g/mol. The number of carbonyl (C=O) groups is 1. The second-order valence-electron chi connectivity index (χ2n) is 3.33. The molecule has 0 atom stereocenters. The van der Waals surface area contributed by atoms with Crippen LogP contribution in [0.4, 0.5) is 5.69 Å². The van der Waals surface area contributed by atoms with Gasteiger partial charge in [0.1, 0.15) is 6.42 Å². The molecule has 0 aliphatic heterocycles. The summed E-state index contributed by atoms with van der Waals surface area (Å²) in [5, 5.41) is 11.4. The third-order valence-electron chi connectivity index (χ3n) is 1.83. The van der Waals surface area contributed by atoms with Gasteiger partial charge in [-0.1, -0.05) is 12.1 Å². The van der Waals surface area contributed by atoms with Crippen LogP contribution >= 0.6 is 12.2 Å². The van der Waals surface area contributed by atoms with E-state index in [1.807, 2.05) is 31.2 Å². The highest BCUT2D eigenvalue weighted by Crippen LogP contribution is 2.08. The summed E-state index contributed by atoms with van der Waals surface area (Å²) < 4.78 is 0. The lowest BCUT2D eigenvalue weighted by Gasteiger charge is -2.10. The van der Waals surface area contributed by atoms with Crippen molar-refractivity contribution in [3.8, 4) is 6.07 Å². The Bertz CT molecular complexity index is 467. The number of nitrogens with one attached hydrogen (secondary N) is 3. The molecule has 0 aliphatic rings. The molecule has 0 bridgehead atoms. The summed E-state index contributed by atoms with van der Waals surface area (Å²) in [4.78, 5) is 11.0. The number of aryl methyl sites for hydroxylation is 1. The summed E-state index contributed by atoms with van der Waals surface area (Å²) in [5.74, 6) is -0.430. The zero-order valence-corrected chi connectivity index (χ0v) is 10.1. The van der Waals surface area contributed by atoms with Gasteiger partial charge in [-0.15, -0.1) is 0 Å². The minimum Gasteiger partial charge on any atom is -0.331 e. The molecule has 6 heteroatoms. The lowest BCUT2D eigenvalue weighted by atomic mass is 10.2. The van der Waals surface area contributed by atoms with Crippen molar-refractivity contribution in [1.29, 1.82) is 5.26 Å². The van der Waals surface area contributed by atoms with Crippen molar-refractivity contribution >= 4 is 28.9 Å². The molecule has 0 spiro atoms. The number of carbonyl (C=O) groups excluding carboxylic acids is 1. The fourth-order valence-corrected chi connectivity index (χ4v) is 1.30. The molecule has 0 radical (unpaired) electrons. The summed E-state index contributed by atoms with van der Waals surface area (Å²) in [6, 6.07) is 9.38. The Balaban J connectivity index is 2.40. The predicted molar refractivity (Wildman–Crippen MR) is 68.9 cm³/mol. The van der Waals surface area contributed by atoms with Gasteiger partial charge in [-0.2, -0.15) is 5.26 Å². The number of rotatable bonds is 2. The van der Waals surface area contributed by atoms with Crippen molar-refractivity contribution in [2.24, 2.45) is 0 Å². The molecule has 88 valence electrons.